The normalized spacial score (nSPS) is 11.4. The van der Waals surface area contributed by atoms with E-state index in [4.69, 9.17) is 4.74 Å². The zero-order valence-electron chi connectivity index (χ0n) is 14.6. The second kappa shape index (κ2) is 8.13. The highest BCUT2D eigenvalue weighted by atomic mass is 16.5. The summed E-state index contributed by atoms with van der Waals surface area (Å²) in [6, 6.07) is 16.7. The Hall–Kier alpha value is -3.11. The molecule has 0 bridgehead atoms. The molecule has 0 amide bonds. The highest BCUT2D eigenvalue weighted by Gasteiger charge is 2.26. The monoisotopic (exact) mass is 332 g/mol. The van der Waals surface area contributed by atoms with E-state index < -0.39 is 11.8 Å². The van der Waals surface area contributed by atoms with E-state index in [1.165, 1.54) is 0 Å². The fourth-order valence-electron chi connectivity index (χ4n) is 2.72. The Balaban J connectivity index is 2.32. The van der Waals surface area contributed by atoms with Gasteiger partial charge in [0.05, 0.1) is 19.2 Å². The number of Topliss-reactive ketones (excluding diaryl/α,β-unsaturated/α-hetero) is 1. The van der Waals surface area contributed by atoms with Crippen molar-refractivity contribution in [3.05, 3.63) is 64.7 Å². The molecule has 0 heterocycles. The molecule has 0 aliphatic carbocycles. The molecule has 0 saturated carbocycles. The van der Waals surface area contributed by atoms with Gasteiger partial charge in [-0.2, -0.15) is 10.5 Å². The molecule has 0 aromatic heterocycles. The summed E-state index contributed by atoms with van der Waals surface area (Å²) in [7, 11) is 1.57. The van der Waals surface area contributed by atoms with E-state index >= 15 is 0 Å². The van der Waals surface area contributed by atoms with Crippen LogP contribution in [0.3, 0.4) is 0 Å². The number of rotatable bonds is 6. The number of carbonyl (C=O) groups is 1. The van der Waals surface area contributed by atoms with Crippen LogP contribution in [0.4, 0.5) is 0 Å². The van der Waals surface area contributed by atoms with Crippen molar-refractivity contribution in [3.8, 4) is 17.9 Å². The summed E-state index contributed by atoms with van der Waals surface area (Å²) < 4.78 is 5.14. The van der Waals surface area contributed by atoms with E-state index in [-0.39, 0.29) is 12.2 Å². The third-order valence-electron chi connectivity index (χ3n) is 4.46. The van der Waals surface area contributed by atoms with Crippen LogP contribution >= 0.6 is 0 Å². The molecule has 2 aromatic rings. The van der Waals surface area contributed by atoms with Gasteiger partial charge in [-0.1, -0.05) is 24.3 Å². The van der Waals surface area contributed by atoms with Gasteiger partial charge in [-0.15, -0.1) is 0 Å². The van der Waals surface area contributed by atoms with Crippen LogP contribution in [-0.4, -0.2) is 12.9 Å². The maximum absolute atomic E-state index is 12.7. The standard InChI is InChI=1S/C21H20N2O2/c1-14-4-5-17(10-15(14)2)21(24)11-20(18(12-22)13-23)16-6-8-19(25-3)9-7-16/h4-10,18,20H,11H2,1-3H3/t20-/m1/s1. The molecule has 0 fully saturated rings. The number of nitriles is 2. The third-order valence-corrected chi connectivity index (χ3v) is 4.46. The van der Waals surface area contributed by atoms with Gasteiger partial charge in [0.15, 0.2) is 5.78 Å². The van der Waals surface area contributed by atoms with Gasteiger partial charge >= 0.3 is 0 Å². The zero-order chi connectivity index (χ0) is 18.4. The Kier molecular flexibility index (Phi) is 5.93. The van der Waals surface area contributed by atoms with Crippen molar-refractivity contribution in [1.29, 1.82) is 10.5 Å². The molecular formula is C21H20N2O2. The van der Waals surface area contributed by atoms with E-state index in [2.05, 4.69) is 0 Å². The lowest BCUT2D eigenvalue weighted by Crippen LogP contribution is -2.15. The molecule has 4 heteroatoms. The summed E-state index contributed by atoms with van der Waals surface area (Å²) in [4.78, 5) is 12.7. The molecule has 4 nitrogen and oxygen atoms in total. The van der Waals surface area contributed by atoms with Crippen LogP contribution in [0.5, 0.6) is 5.75 Å². The molecule has 0 aliphatic rings. The van der Waals surface area contributed by atoms with E-state index in [9.17, 15) is 15.3 Å². The zero-order valence-corrected chi connectivity index (χ0v) is 14.6. The van der Waals surface area contributed by atoms with Crippen molar-refractivity contribution in [2.24, 2.45) is 5.92 Å². The van der Waals surface area contributed by atoms with E-state index in [1.807, 2.05) is 38.1 Å². The van der Waals surface area contributed by atoms with Crippen molar-refractivity contribution >= 4 is 5.78 Å². The number of hydrogen-bond donors (Lipinski definition) is 0. The number of benzene rings is 2. The summed E-state index contributed by atoms with van der Waals surface area (Å²) in [5.41, 5.74) is 3.56. The Morgan fingerprint density at radius 2 is 1.68 bits per heavy atom. The van der Waals surface area contributed by atoms with Crippen LogP contribution in [0.15, 0.2) is 42.5 Å². The first-order valence-electron chi connectivity index (χ1n) is 8.03. The fraction of sp³-hybridized carbons (Fsp3) is 0.286. The molecule has 0 unspecified atom stereocenters. The molecule has 1 atom stereocenters. The minimum atomic E-state index is -0.885. The van der Waals surface area contributed by atoms with Crippen molar-refractivity contribution in [3.63, 3.8) is 0 Å². The summed E-state index contributed by atoms with van der Waals surface area (Å²) in [6.07, 6.45) is 0.112. The summed E-state index contributed by atoms with van der Waals surface area (Å²) >= 11 is 0. The Morgan fingerprint density at radius 1 is 1.04 bits per heavy atom. The molecule has 2 aromatic carbocycles. The fourth-order valence-corrected chi connectivity index (χ4v) is 2.72. The van der Waals surface area contributed by atoms with Crippen molar-refractivity contribution in [2.75, 3.05) is 7.11 Å². The predicted molar refractivity (Wildman–Crippen MR) is 95.3 cm³/mol. The highest BCUT2D eigenvalue weighted by Crippen LogP contribution is 2.30. The first-order valence-corrected chi connectivity index (χ1v) is 8.03. The maximum atomic E-state index is 12.7. The number of methoxy groups -OCH3 is 1. The lowest BCUT2D eigenvalue weighted by molar-refractivity contribution is 0.0970. The number of carbonyl (C=O) groups excluding carboxylic acids is 1. The van der Waals surface area contributed by atoms with Crippen LogP contribution in [0.25, 0.3) is 0 Å². The Bertz CT molecular complexity index is 828. The molecular weight excluding hydrogens is 312 g/mol. The van der Waals surface area contributed by atoms with Gasteiger partial charge in [-0.3, -0.25) is 4.79 Å². The number of ketones is 1. The second-order valence-electron chi connectivity index (χ2n) is 6.04. The van der Waals surface area contributed by atoms with Crippen LogP contribution in [0.2, 0.25) is 0 Å². The Labute approximate surface area is 148 Å². The molecule has 0 N–H and O–H groups in total. The van der Waals surface area contributed by atoms with Gasteiger partial charge in [0.2, 0.25) is 0 Å². The SMILES string of the molecule is COc1ccc([C@@H](CC(=O)c2ccc(C)c(C)c2)C(C#N)C#N)cc1. The van der Waals surface area contributed by atoms with Gasteiger partial charge in [-0.25, -0.2) is 0 Å². The van der Waals surface area contributed by atoms with Gasteiger partial charge in [0.1, 0.15) is 11.7 Å². The molecule has 126 valence electrons. The van der Waals surface area contributed by atoms with E-state index in [0.717, 1.165) is 16.7 Å². The average molecular weight is 332 g/mol. The predicted octanol–water partition coefficient (Wildman–Crippen LogP) is 4.33. The highest BCUT2D eigenvalue weighted by molar-refractivity contribution is 5.96. The quantitative estimate of drug-likeness (QED) is 0.738. The lowest BCUT2D eigenvalue weighted by atomic mass is 9.82. The summed E-state index contributed by atoms with van der Waals surface area (Å²) in [5, 5.41) is 18.6. The van der Waals surface area contributed by atoms with Crippen molar-refractivity contribution in [2.45, 2.75) is 26.2 Å². The number of nitrogens with zero attached hydrogens (tertiary/aromatic N) is 2. The van der Waals surface area contributed by atoms with E-state index in [0.29, 0.717) is 11.3 Å². The average Bonchev–Trinajstić information content (AvgIpc) is 2.64. The van der Waals surface area contributed by atoms with Crippen LogP contribution in [0, 0.1) is 42.4 Å². The van der Waals surface area contributed by atoms with Gasteiger partial charge < -0.3 is 4.74 Å². The third kappa shape index (κ3) is 4.25. The van der Waals surface area contributed by atoms with Gasteiger partial charge in [0, 0.05) is 17.9 Å². The topological polar surface area (TPSA) is 73.9 Å². The second-order valence-corrected chi connectivity index (χ2v) is 6.04. The van der Waals surface area contributed by atoms with Gasteiger partial charge in [0.25, 0.3) is 0 Å². The number of aryl methyl sites for hydroxylation is 2. The van der Waals surface area contributed by atoms with Crippen molar-refractivity contribution < 1.29 is 9.53 Å². The maximum Gasteiger partial charge on any atom is 0.163 e. The van der Waals surface area contributed by atoms with Crippen LogP contribution in [0.1, 0.15) is 39.4 Å². The first-order chi connectivity index (χ1) is 12.0. The molecule has 2 rings (SSSR count). The minimum absolute atomic E-state index is 0.0700. The number of ether oxygens (including phenoxy) is 1. The smallest absolute Gasteiger partial charge is 0.163 e. The molecule has 0 aliphatic heterocycles. The lowest BCUT2D eigenvalue weighted by Gasteiger charge is -2.18. The first kappa shape index (κ1) is 18.2. The molecule has 25 heavy (non-hydrogen) atoms. The molecule has 0 spiro atoms. The Morgan fingerprint density at radius 3 is 2.20 bits per heavy atom. The molecule has 0 saturated heterocycles. The largest absolute Gasteiger partial charge is 0.497 e. The van der Waals surface area contributed by atoms with Crippen LogP contribution < -0.4 is 4.74 Å². The van der Waals surface area contributed by atoms with E-state index in [1.54, 1.807) is 37.4 Å². The van der Waals surface area contributed by atoms with Crippen LogP contribution in [-0.2, 0) is 0 Å². The molecule has 0 radical (unpaired) electrons. The minimum Gasteiger partial charge on any atom is -0.497 e. The van der Waals surface area contributed by atoms with Crippen molar-refractivity contribution in [1.82, 2.24) is 0 Å². The summed E-state index contributed by atoms with van der Waals surface area (Å²) in [5.74, 6) is -0.744. The number of hydrogen-bond acceptors (Lipinski definition) is 4. The summed E-state index contributed by atoms with van der Waals surface area (Å²) in [6.45, 7) is 3.95. The van der Waals surface area contributed by atoms with Gasteiger partial charge in [-0.05, 0) is 48.7 Å².